The van der Waals surface area contributed by atoms with Gasteiger partial charge in [-0.05, 0) is 56.2 Å². The smallest absolute Gasteiger partial charge is 0.338 e. The van der Waals surface area contributed by atoms with Gasteiger partial charge in [0, 0.05) is 23.8 Å². The topological polar surface area (TPSA) is 126 Å². The first-order valence-electron chi connectivity index (χ1n) is 12.4. The second kappa shape index (κ2) is 10.8. The number of hydrogen-bond donors (Lipinski definition) is 0. The molecule has 0 unspecified atom stereocenters. The predicted molar refractivity (Wildman–Crippen MR) is 149 cm³/mol. The van der Waals surface area contributed by atoms with E-state index in [0.29, 0.717) is 43.4 Å². The Hall–Kier alpha value is -4.77. The molecule has 0 saturated carbocycles. The lowest BCUT2D eigenvalue weighted by Gasteiger charge is -2.24. The number of hydrogen-bond acceptors (Lipinski definition) is 9. The Balaban J connectivity index is 1.62. The molecule has 2 aromatic heterocycles. The van der Waals surface area contributed by atoms with E-state index in [-0.39, 0.29) is 23.4 Å². The lowest BCUT2D eigenvalue weighted by atomic mass is 9.96. The van der Waals surface area contributed by atoms with E-state index in [1.165, 1.54) is 28.0 Å². The minimum absolute atomic E-state index is 0.0434. The molecule has 0 fully saturated rings. The summed E-state index contributed by atoms with van der Waals surface area (Å²) in [6.07, 6.45) is 1.61. The summed E-state index contributed by atoms with van der Waals surface area (Å²) in [5, 5.41) is 11.2. The summed E-state index contributed by atoms with van der Waals surface area (Å²) < 4.78 is 18.4. The molecule has 40 heavy (non-hydrogen) atoms. The Morgan fingerprint density at radius 1 is 1.18 bits per heavy atom. The van der Waals surface area contributed by atoms with Gasteiger partial charge in [-0.25, -0.2) is 9.79 Å². The standard InChI is InChI=1S/C29H25N3O7S/c1-5-38-28(34)25-17(3)30-29-31(26(25)18-7-10-20(37-4)11-8-18)27(33)24(40-29)15-21-12-13-23(39-21)22-14-19(32(35)36)9-6-16(22)2/h6-15,26H,5H2,1-4H3/b24-15-/t26-/m0/s1. The first kappa shape index (κ1) is 26.8. The predicted octanol–water partition coefficient (Wildman–Crippen LogP) is 4.28. The molecule has 0 amide bonds. The van der Waals surface area contributed by atoms with Crippen molar-refractivity contribution in [3.8, 4) is 17.1 Å². The van der Waals surface area contributed by atoms with Crippen LogP contribution >= 0.6 is 11.3 Å². The van der Waals surface area contributed by atoms with Crippen molar-refractivity contribution in [2.75, 3.05) is 13.7 Å². The third-order valence-electron chi connectivity index (χ3n) is 6.55. The molecule has 11 heteroatoms. The van der Waals surface area contributed by atoms with E-state index >= 15 is 0 Å². The molecular formula is C29H25N3O7S. The molecule has 5 rings (SSSR count). The number of nitrogens with zero attached hydrogens (tertiary/aromatic N) is 3. The Kier molecular flexibility index (Phi) is 7.22. The van der Waals surface area contributed by atoms with Crippen LogP contribution in [0, 0.1) is 17.0 Å². The number of rotatable bonds is 7. The van der Waals surface area contributed by atoms with Gasteiger partial charge in [0.1, 0.15) is 17.3 Å². The van der Waals surface area contributed by atoms with E-state index in [1.54, 1.807) is 69.5 Å². The number of aryl methyl sites for hydroxylation is 1. The van der Waals surface area contributed by atoms with Crippen LogP contribution in [0.5, 0.6) is 5.75 Å². The van der Waals surface area contributed by atoms with Gasteiger partial charge >= 0.3 is 5.97 Å². The van der Waals surface area contributed by atoms with Gasteiger partial charge in [0.15, 0.2) is 4.80 Å². The highest BCUT2D eigenvalue weighted by Gasteiger charge is 2.33. The number of non-ortho nitro benzene ring substituents is 1. The molecule has 0 aliphatic carbocycles. The maximum atomic E-state index is 13.8. The molecule has 0 N–H and O–H groups in total. The third kappa shape index (κ3) is 4.87. The van der Waals surface area contributed by atoms with E-state index < -0.39 is 16.9 Å². The molecule has 1 aliphatic heterocycles. The fourth-order valence-corrected chi connectivity index (χ4v) is 5.61. The van der Waals surface area contributed by atoms with Crippen LogP contribution in [0.2, 0.25) is 0 Å². The fraction of sp³-hybridized carbons (Fsp3) is 0.207. The first-order valence-corrected chi connectivity index (χ1v) is 13.2. The number of aromatic nitrogens is 1. The van der Waals surface area contributed by atoms with E-state index in [4.69, 9.17) is 13.9 Å². The van der Waals surface area contributed by atoms with Gasteiger partial charge < -0.3 is 13.9 Å². The van der Waals surface area contributed by atoms with Crippen molar-refractivity contribution in [2.24, 2.45) is 4.99 Å². The molecule has 10 nitrogen and oxygen atoms in total. The highest BCUT2D eigenvalue weighted by molar-refractivity contribution is 7.07. The van der Waals surface area contributed by atoms with Gasteiger partial charge in [0.05, 0.1) is 40.5 Å². The molecule has 0 spiro atoms. The van der Waals surface area contributed by atoms with E-state index in [9.17, 15) is 19.7 Å². The minimum Gasteiger partial charge on any atom is -0.497 e. The summed E-state index contributed by atoms with van der Waals surface area (Å²) in [5.74, 6) is 0.939. The molecule has 0 saturated heterocycles. The normalized spacial score (nSPS) is 15.0. The van der Waals surface area contributed by atoms with Crippen molar-refractivity contribution in [1.29, 1.82) is 0 Å². The number of nitro benzene ring substituents is 1. The number of benzene rings is 2. The molecule has 204 valence electrons. The van der Waals surface area contributed by atoms with Gasteiger partial charge in [-0.3, -0.25) is 19.5 Å². The molecule has 2 aromatic carbocycles. The van der Waals surface area contributed by atoms with Crippen molar-refractivity contribution in [2.45, 2.75) is 26.8 Å². The number of allylic oxidation sites excluding steroid dienone is 1. The van der Waals surface area contributed by atoms with Crippen molar-refractivity contribution in [1.82, 2.24) is 4.57 Å². The lowest BCUT2D eigenvalue weighted by molar-refractivity contribution is -0.384. The number of fused-ring (bicyclic) bond motifs is 1. The largest absolute Gasteiger partial charge is 0.497 e. The van der Waals surface area contributed by atoms with Crippen LogP contribution in [-0.2, 0) is 9.53 Å². The SMILES string of the molecule is CCOC(=O)C1=C(C)N=c2s/c(=C\c3ccc(-c4cc([N+](=O)[O-])ccc4C)o3)c(=O)n2[C@H]1c1ccc(OC)cc1. The summed E-state index contributed by atoms with van der Waals surface area (Å²) in [5.41, 5.74) is 2.46. The number of ether oxygens (including phenoxy) is 2. The van der Waals surface area contributed by atoms with E-state index in [1.807, 2.05) is 6.92 Å². The van der Waals surface area contributed by atoms with Crippen molar-refractivity contribution in [3.63, 3.8) is 0 Å². The zero-order chi connectivity index (χ0) is 28.6. The molecular weight excluding hydrogens is 534 g/mol. The number of esters is 1. The number of carbonyl (C=O) groups is 1. The highest BCUT2D eigenvalue weighted by Crippen LogP contribution is 2.32. The lowest BCUT2D eigenvalue weighted by Crippen LogP contribution is -2.39. The van der Waals surface area contributed by atoms with Gasteiger partial charge in [-0.1, -0.05) is 29.5 Å². The van der Waals surface area contributed by atoms with E-state index in [2.05, 4.69) is 4.99 Å². The van der Waals surface area contributed by atoms with Crippen LogP contribution < -0.4 is 19.6 Å². The number of furan rings is 1. The fourth-order valence-electron chi connectivity index (χ4n) is 4.59. The van der Waals surface area contributed by atoms with Crippen molar-refractivity contribution >= 4 is 29.1 Å². The maximum absolute atomic E-state index is 13.8. The third-order valence-corrected chi connectivity index (χ3v) is 7.53. The summed E-state index contributed by atoms with van der Waals surface area (Å²) in [4.78, 5) is 42.6. The van der Waals surface area contributed by atoms with Crippen LogP contribution in [0.15, 0.2) is 80.1 Å². The average Bonchev–Trinajstić information content (AvgIpc) is 3.52. The molecule has 3 heterocycles. The zero-order valence-corrected chi connectivity index (χ0v) is 23.0. The Labute approximate surface area is 232 Å². The van der Waals surface area contributed by atoms with Gasteiger partial charge in [0.25, 0.3) is 11.2 Å². The summed E-state index contributed by atoms with van der Waals surface area (Å²) in [7, 11) is 1.56. The van der Waals surface area contributed by atoms with E-state index in [0.717, 1.165) is 5.56 Å². The molecule has 0 bridgehead atoms. The summed E-state index contributed by atoms with van der Waals surface area (Å²) in [6, 6.07) is 14.4. The number of carbonyl (C=O) groups excluding carboxylic acids is 1. The molecule has 0 radical (unpaired) electrons. The van der Waals surface area contributed by atoms with Crippen LogP contribution in [-0.4, -0.2) is 29.2 Å². The molecule has 4 aromatic rings. The second-order valence-electron chi connectivity index (χ2n) is 9.03. The zero-order valence-electron chi connectivity index (χ0n) is 22.2. The second-order valence-corrected chi connectivity index (χ2v) is 10.0. The van der Waals surface area contributed by atoms with Crippen molar-refractivity contribution < 1.29 is 23.6 Å². The quantitative estimate of drug-likeness (QED) is 0.188. The van der Waals surface area contributed by atoms with Crippen LogP contribution in [0.3, 0.4) is 0 Å². The highest BCUT2D eigenvalue weighted by atomic mass is 32.1. The summed E-state index contributed by atoms with van der Waals surface area (Å²) in [6.45, 7) is 5.46. The monoisotopic (exact) mass is 559 g/mol. The summed E-state index contributed by atoms with van der Waals surface area (Å²) >= 11 is 1.18. The van der Waals surface area contributed by atoms with Crippen molar-refractivity contribution in [3.05, 3.63) is 113 Å². The average molecular weight is 560 g/mol. The van der Waals surface area contributed by atoms with Crippen LogP contribution in [0.25, 0.3) is 17.4 Å². The van der Waals surface area contributed by atoms with Crippen LogP contribution in [0.4, 0.5) is 5.69 Å². The first-order chi connectivity index (χ1) is 19.2. The maximum Gasteiger partial charge on any atom is 0.338 e. The van der Waals surface area contributed by atoms with Gasteiger partial charge in [-0.15, -0.1) is 0 Å². The molecule has 1 atom stereocenters. The number of methoxy groups -OCH3 is 1. The number of thiazole rings is 1. The van der Waals surface area contributed by atoms with Gasteiger partial charge in [-0.2, -0.15) is 0 Å². The van der Waals surface area contributed by atoms with Crippen LogP contribution in [0.1, 0.15) is 36.8 Å². The van der Waals surface area contributed by atoms with Gasteiger partial charge in [0.2, 0.25) is 0 Å². The molecule has 1 aliphatic rings. The Bertz CT molecular complexity index is 1850. The number of nitro groups is 1. The Morgan fingerprint density at radius 2 is 1.93 bits per heavy atom. The minimum atomic E-state index is -0.747. The Morgan fingerprint density at radius 3 is 2.60 bits per heavy atom.